The van der Waals surface area contributed by atoms with E-state index in [-0.39, 0.29) is 18.9 Å². The van der Waals surface area contributed by atoms with E-state index in [2.05, 4.69) is 5.32 Å². The fourth-order valence-electron chi connectivity index (χ4n) is 2.15. The molecule has 0 aromatic rings. The lowest BCUT2D eigenvalue weighted by molar-refractivity contribution is -0.139. The Morgan fingerprint density at radius 2 is 2.00 bits per heavy atom. The van der Waals surface area contributed by atoms with Gasteiger partial charge in [0.25, 0.3) is 0 Å². The van der Waals surface area contributed by atoms with E-state index >= 15 is 0 Å². The Morgan fingerprint density at radius 3 is 2.50 bits per heavy atom. The fraction of sp³-hybridized carbons (Fsp3) is 0.769. The smallest absolute Gasteiger partial charge is 0.324 e. The molecule has 1 aliphatic heterocycles. The molecular formula is C13H22N2O5. The first-order valence-electron chi connectivity index (χ1n) is 6.57. The summed E-state index contributed by atoms with van der Waals surface area (Å²) < 4.78 is 5.19. The van der Waals surface area contributed by atoms with Gasteiger partial charge >= 0.3 is 12.0 Å². The van der Waals surface area contributed by atoms with Gasteiger partial charge in [-0.2, -0.15) is 0 Å². The maximum absolute atomic E-state index is 11.9. The number of amides is 3. The molecular weight excluding hydrogens is 264 g/mol. The van der Waals surface area contributed by atoms with Gasteiger partial charge in [-0.3, -0.25) is 14.9 Å². The van der Waals surface area contributed by atoms with Crippen LogP contribution in [-0.2, 0) is 14.3 Å². The van der Waals surface area contributed by atoms with Gasteiger partial charge in [0, 0.05) is 20.1 Å². The van der Waals surface area contributed by atoms with E-state index in [0.717, 1.165) is 6.42 Å². The van der Waals surface area contributed by atoms with Gasteiger partial charge in [-0.05, 0) is 11.8 Å². The molecule has 0 bridgehead atoms. The number of hydrogen-bond acceptors (Lipinski definition) is 4. The van der Waals surface area contributed by atoms with E-state index in [1.54, 1.807) is 20.9 Å². The highest BCUT2D eigenvalue weighted by atomic mass is 16.5. The van der Waals surface area contributed by atoms with Crippen molar-refractivity contribution >= 4 is 17.9 Å². The number of nitrogens with one attached hydrogen (secondary N) is 1. The number of aliphatic carboxylic acids is 1. The first-order chi connectivity index (χ1) is 9.21. The molecule has 114 valence electrons. The minimum atomic E-state index is -0.964. The number of urea groups is 1. The number of carbonyl (C=O) groups excluding carboxylic acids is 2. The van der Waals surface area contributed by atoms with Crippen molar-refractivity contribution in [2.45, 2.75) is 39.2 Å². The van der Waals surface area contributed by atoms with Crippen LogP contribution in [-0.4, -0.2) is 54.2 Å². The Balaban J connectivity index is 2.44. The van der Waals surface area contributed by atoms with Gasteiger partial charge in [0.1, 0.15) is 0 Å². The molecule has 0 aromatic heterocycles. The third-order valence-electron chi connectivity index (χ3n) is 3.29. The summed E-state index contributed by atoms with van der Waals surface area (Å²) in [5, 5.41) is 11.0. The van der Waals surface area contributed by atoms with Gasteiger partial charge in [0.2, 0.25) is 5.91 Å². The van der Waals surface area contributed by atoms with Crippen molar-refractivity contribution in [1.29, 1.82) is 0 Å². The van der Waals surface area contributed by atoms with E-state index in [0.29, 0.717) is 13.2 Å². The van der Waals surface area contributed by atoms with Crippen molar-refractivity contribution in [2.24, 2.45) is 5.41 Å². The summed E-state index contributed by atoms with van der Waals surface area (Å²) in [5.74, 6) is -1.43. The van der Waals surface area contributed by atoms with E-state index in [1.165, 1.54) is 4.90 Å². The summed E-state index contributed by atoms with van der Waals surface area (Å²) in [6, 6.07) is -0.494. The zero-order valence-corrected chi connectivity index (χ0v) is 12.1. The molecule has 1 unspecified atom stereocenters. The van der Waals surface area contributed by atoms with Crippen LogP contribution in [0.3, 0.4) is 0 Å². The first-order valence-corrected chi connectivity index (χ1v) is 6.57. The van der Waals surface area contributed by atoms with Crippen molar-refractivity contribution in [2.75, 3.05) is 20.3 Å². The van der Waals surface area contributed by atoms with Crippen LogP contribution in [0.15, 0.2) is 0 Å². The minimum Gasteiger partial charge on any atom is -0.481 e. The number of carbonyl (C=O) groups is 3. The van der Waals surface area contributed by atoms with Gasteiger partial charge in [0.15, 0.2) is 0 Å². The van der Waals surface area contributed by atoms with E-state index in [9.17, 15) is 14.4 Å². The van der Waals surface area contributed by atoms with Gasteiger partial charge in [-0.1, -0.05) is 13.8 Å². The molecule has 1 aliphatic rings. The van der Waals surface area contributed by atoms with Crippen molar-refractivity contribution in [3.63, 3.8) is 0 Å². The molecule has 0 saturated carbocycles. The van der Waals surface area contributed by atoms with E-state index < -0.39 is 23.3 Å². The summed E-state index contributed by atoms with van der Waals surface area (Å²) in [4.78, 5) is 35.8. The summed E-state index contributed by atoms with van der Waals surface area (Å²) >= 11 is 0. The van der Waals surface area contributed by atoms with Gasteiger partial charge < -0.3 is 14.7 Å². The van der Waals surface area contributed by atoms with Crippen LogP contribution in [0.25, 0.3) is 0 Å². The molecule has 0 spiro atoms. The lowest BCUT2D eigenvalue weighted by atomic mass is 9.85. The lowest BCUT2D eigenvalue weighted by Crippen LogP contribution is -2.46. The second-order valence-electron chi connectivity index (χ2n) is 5.89. The van der Waals surface area contributed by atoms with Gasteiger partial charge in [0.05, 0.1) is 19.1 Å². The quantitative estimate of drug-likeness (QED) is 0.780. The third kappa shape index (κ3) is 5.16. The highest BCUT2D eigenvalue weighted by Crippen LogP contribution is 2.24. The van der Waals surface area contributed by atoms with E-state index in [1.807, 2.05) is 0 Å². The molecule has 1 fully saturated rings. The molecule has 2 N–H and O–H groups in total. The van der Waals surface area contributed by atoms with E-state index in [4.69, 9.17) is 9.84 Å². The number of imide groups is 1. The number of likely N-dealkylation sites (N-methyl/N-ethyl adjacent to an activating group) is 1. The maximum atomic E-state index is 11.9. The van der Waals surface area contributed by atoms with Crippen molar-refractivity contribution in [3.05, 3.63) is 0 Å². The number of carboxylic acid groups (broad SMARTS) is 1. The molecule has 0 aliphatic carbocycles. The average Bonchev–Trinajstić information content (AvgIpc) is 2.77. The van der Waals surface area contributed by atoms with Crippen molar-refractivity contribution < 1.29 is 24.2 Å². The largest absolute Gasteiger partial charge is 0.481 e. The molecule has 20 heavy (non-hydrogen) atoms. The Kier molecular flexibility index (Phi) is 5.50. The number of rotatable bonds is 5. The summed E-state index contributed by atoms with van der Waals surface area (Å²) in [7, 11) is 1.62. The predicted molar refractivity (Wildman–Crippen MR) is 71.2 cm³/mol. The SMILES string of the molecule is CN(C(=O)NC(=O)CC(C)(C)CC(=O)O)C1CCOC1. The standard InChI is InChI=1S/C13H22N2O5/c1-13(2,7-11(17)18)6-10(16)14-12(19)15(3)9-4-5-20-8-9/h9H,4-8H2,1-3H3,(H,17,18)(H,14,16,19). The molecule has 1 saturated heterocycles. The number of ether oxygens (including phenoxy) is 1. The Bertz CT molecular complexity index is 388. The van der Waals surface area contributed by atoms with Crippen LogP contribution in [0.5, 0.6) is 0 Å². The molecule has 0 radical (unpaired) electrons. The van der Waals surface area contributed by atoms with Crippen molar-refractivity contribution in [1.82, 2.24) is 10.2 Å². The number of nitrogens with zero attached hydrogens (tertiary/aromatic N) is 1. The monoisotopic (exact) mass is 286 g/mol. The topological polar surface area (TPSA) is 95.9 Å². The fourth-order valence-corrected chi connectivity index (χ4v) is 2.15. The normalized spacial score (nSPS) is 18.6. The van der Waals surface area contributed by atoms with Crippen LogP contribution >= 0.6 is 0 Å². The summed E-state index contributed by atoms with van der Waals surface area (Å²) in [5.41, 5.74) is -0.689. The third-order valence-corrected chi connectivity index (χ3v) is 3.29. The molecule has 1 heterocycles. The predicted octanol–water partition coefficient (Wildman–Crippen LogP) is 0.834. The highest BCUT2D eigenvalue weighted by Gasteiger charge is 2.28. The van der Waals surface area contributed by atoms with Crippen LogP contribution in [0.1, 0.15) is 33.1 Å². The molecule has 0 aromatic carbocycles. The second kappa shape index (κ2) is 6.69. The molecule has 7 heteroatoms. The van der Waals surface area contributed by atoms with Crippen LogP contribution in [0.2, 0.25) is 0 Å². The molecule has 3 amide bonds. The summed E-state index contributed by atoms with van der Waals surface area (Å²) in [6.07, 6.45) is 0.615. The highest BCUT2D eigenvalue weighted by molar-refractivity contribution is 5.94. The first kappa shape index (κ1) is 16.4. The molecule has 1 atom stereocenters. The summed E-state index contributed by atoms with van der Waals surface area (Å²) in [6.45, 7) is 4.45. The zero-order valence-electron chi connectivity index (χ0n) is 12.1. The average molecular weight is 286 g/mol. The Morgan fingerprint density at radius 1 is 1.35 bits per heavy atom. The Labute approximate surface area is 118 Å². The lowest BCUT2D eigenvalue weighted by Gasteiger charge is -2.25. The minimum absolute atomic E-state index is 0.0138. The maximum Gasteiger partial charge on any atom is 0.324 e. The van der Waals surface area contributed by atoms with Gasteiger partial charge in [-0.25, -0.2) is 4.79 Å². The van der Waals surface area contributed by atoms with Crippen molar-refractivity contribution in [3.8, 4) is 0 Å². The van der Waals surface area contributed by atoms with Crippen LogP contribution in [0.4, 0.5) is 4.79 Å². The van der Waals surface area contributed by atoms with Crippen LogP contribution < -0.4 is 5.32 Å². The zero-order chi connectivity index (χ0) is 15.3. The number of carboxylic acids is 1. The van der Waals surface area contributed by atoms with Crippen LogP contribution in [0, 0.1) is 5.41 Å². The second-order valence-corrected chi connectivity index (χ2v) is 5.89. The Hall–Kier alpha value is -1.63. The van der Waals surface area contributed by atoms with Gasteiger partial charge in [-0.15, -0.1) is 0 Å². The molecule has 7 nitrogen and oxygen atoms in total. The molecule has 1 rings (SSSR count). The number of hydrogen-bond donors (Lipinski definition) is 2.